The molecule has 0 saturated heterocycles. The number of nitrogens with one attached hydrogen (secondary N) is 2. The van der Waals surface area contributed by atoms with Gasteiger partial charge in [-0.1, -0.05) is 27.2 Å². The van der Waals surface area contributed by atoms with E-state index < -0.39 is 10.0 Å². The summed E-state index contributed by atoms with van der Waals surface area (Å²) >= 11 is 0. The van der Waals surface area contributed by atoms with Crippen LogP contribution in [-0.4, -0.2) is 25.1 Å². The second-order valence-electron chi connectivity index (χ2n) is 5.95. The third-order valence-corrected chi connectivity index (χ3v) is 5.29. The highest BCUT2D eigenvalue weighted by Crippen LogP contribution is 2.34. The first kappa shape index (κ1) is 15.5. The molecule has 1 aromatic heterocycles. The summed E-state index contributed by atoms with van der Waals surface area (Å²) in [6, 6.07) is 2.25. The molecular formula is C14H25N3O2S. The number of nitrogens with zero attached hydrogens (tertiary/aromatic N) is 1. The quantitative estimate of drug-likeness (QED) is 0.804. The van der Waals surface area contributed by atoms with Crippen LogP contribution in [0.1, 0.15) is 39.3 Å². The molecule has 1 aliphatic rings. The van der Waals surface area contributed by atoms with Gasteiger partial charge in [-0.05, 0) is 18.4 Å². The first-order chi connectivity index (χ1) is 9.33. The first-order valence-electron chi connectivity index (χ1n) is 7.24. The Balaban J connectivity index is 2.06. The Morgan fingerprint density at radius 3 is 2.70 bits per heavy atom. The minimum Gasteiger partial charge on any atom is -0.352 e. The molecule has 1 fully saturated rings. The van der Waals surface area contributed by atoms with E-state index in [9.17, 15) is 8.42 Å². The van der Waals surface area contributed by atoms with Crippen LogP contribution in [0.15, 0.2) is 17.2 Å². The third-order valence-electron chi connectivity index (χ3n) is 3.84. The topological polar surface area (TPSA) is 63.1 Å². The molecule has 2 N–H and O–H groups in total. The lowest BCUT2D eigenvalue weighted by atomic mass is 10.3. The van der Waals surface area contributed by atoms with E-state index in [4.69, 9.17) is 0 Å². The minimum absolute atomic E-state index is 0.127. The standard InChI is InChI=1S/C14H25N3O2S/c1-5-11-6-14(11)16-20(18,19)13-7-12(17(4)9-13)8-15-10(2)3/h7,9-11,14-16H,5-6,8H2,1-4H3. The number of hydrogen-bond acceptors (Lipinski definition) is 3. The van der Waals surface area contributed by atoms with E-state index in [0.29, 0.717) is 23.4 Å². The lowest BCUT2D eigenvalue weighted by Gasteiger charge is -2.08. The van der Waals surface area contributed by atoms with Gasteiger partial charge in [0.05, 0.1) is 4.90 Å². The largest absolute Gasteiger partial charge is 0.352 e. The molecule has 114 valence electrons. The number of aromatic nitrogens is 1. The number of hydrogen-bond donors (Lipinski definition) is 2. The smallest absolute Gasteiger partial charge is 0.242 e. The molecule has 0 spiro atoms. The maximum atomic E-state index is 12.3. The summed E-state index contributed by atoms with van der Waals surface area (Å²) in [4.78, 5) is 0.363. The van der Waals surface area contributed by atoms with Crippen molar-refractivity contribution in [2.24, 2.45) is 13.0 Å². The molecule has 1 heterocycles. The van der Waals surface area contributed by atoms with Gasteiger partial charge in [-0.2, -0.15) is 0 Å². The summed E-state index contributed by atoms with van der Waals surface area (Å²) < 4.78 is 29.3. The van der Waals surface area contributed by atoms with Crippen LogP contribution in [-0.2, 0) is 23.6 Å². The van der Waals surface area contributed by atoms with Crippen molar-refractivity contribution in [1.82, 2.24) is 14.6 Å². The van der Waals surface area contributed by atoms with Gasteiger partial charge in [-0.15, -0.1) is 0 Å². The molecule has 0 aliphatic heterocycles. The van der Waals surface area contributed by atoms with Crippen LogP contribution in [0.2, 0.25) is 0 Å². The SMILES string of the molecule is CCC1CC1NS(=O)(=O)c1cc(CNC(C)C)n(C)c1. The third kappa shape index (κ3) is 3.62. The maximum Gasteiger partial charge on any atom is 0.242 e. The summed E-state index contributed by atoms with van der Waals surface area (Å²) in [5.74, 6) is 0.510. The zero-order valence-electron chi connectivity index (χ0n) is 12.7. The Morgan fingerprint density at radius 2 is 2.15 bits per heavy atom. The van der Waals surface area contributed by atoms with Crippen molar-refractivity contribution in [2.45, 2.75) is 57.1 Å². The Labute approximate surface area is 121 Å². The van der Waals surface area contributed by atoms with Crippen LogP contribution in [0, 0.1) is 5.92 Å². The molecule has 1 aliphatic carbocycles. The Morgan fingerprint density at radius 1 is 1.45 bits per heavy atom. The van der Waals surface area contributed by atoms with Crippen molar-refractivity contribution in [3.63, 3.8) is 0 Å². The van der Waals surface area contributed by atoms with Crippen LogP contribution < -0.4 is 10.0 Å². The van der Waals surface area contributed by atoms with Crippen molar-refractivity contribution in [2.75, 3.05) is 0 Å². The van der Waals surface area contributed by atoms with E-state index in [-0.39, 0.29) is 6.04 Å². The fraction of sp³-hybridized carbons (Fsp3) is 0.714. The lowest BCUT2D eigenvalue weighted by Crippen LogP contribution is -2.26. The van der Waals surface area contributed by atoms with Crippen molar-refractivity contribution >= 4 is 10.0 Å². The second-order valence-corrected chi connectivity index (χ2v) is 7.66. The van der Waals surface area contributed by atoms with Gasteiger partial charge in [0, 0.05) is 37.6 Å². The van der Waals surface area contributed by atoms with Gasteiger partial charge in [-0.3, -0.25) is 0 Å². The molecule has 2 unspecified atom stereocenters. The average molecular weight is 299 g/mol. The molecular weight excluding hydrogens is 274 g/mol. The molecule has 5 nitrogen and oxygen atoms in total. The average Bonchev–Trinajstić information content (AvgIpc) is 2.98. The van der Waals surface area contributed by atoms with Crippen molar-refractivity contribution < 1.29 is 8.42 Å². The fourth-order valence-corrected chi connectivity index (χ4v) is 3.73. The van der Waals surface area contributed by atoms with Crippen molar-refractivity contribution in [1.29, 1.82) is 0 Å². The number of rotatable bonds is 7. The van der Waals surface area contributed by atoms with Gasteiger partial charge >= 0.3 is 0 Å². The zero-order chi connectivity index (χ0) is 14.9. The van der Waals surface area contributed by atoms with E-state index in [1.54, 1.807) is 12.3 Å². The normalized spacial score (nSPS) is 22.4. The summed E-state index contributed by atoms with van der Waals surface area (Å²) in [5, 5.41) is 3.30. The van der Waals surface area contributed by atoms with E-state index in [0.717, 1.165) is 18.5 Å². The number of sulfonamides is 1. The van der Waals surface area contributed by atoms with E-state index >= 15 is 0 Å². The minimum atomic E-state index is -3.38. The van der Waals surface area contributed by atoms with Gasteiger partial charge in [0.1, 0.15) is 0 Å². The van der Waals surface area contributed by atoms with Crippen LogP contribution in [0.5, 0.6) is 0 Å². The van der Waals surface area contributed by atoms with Crippen molar-refractivity contribution in [3.05, 3.63) is 18.0 Å². The highest BCUT2D eigenvalue weighted by atomic mass is 32.2. The van der Waals surface area contributed by atoms with Crippen LogP contribution in [0.4, 0.5) is 0 Å². The Kier molecular flexibility index (Phi) is 4.56. The van der Waals surface area contributed by atoms with Gasteiger partial charge < -0.3 is 9.88 Å². The monoisotopic (exact) mass is 299 g/mol. The highest BCUT2D eigenvalue weighted by molar-refractivity contribution is 7.89. The van der Waals surface area contributed by atoms with Crippen molar-refractivity contribution in [3.8, 4) is 0 Å². The maximum absolute atomic E-state index is 12.3. The van der Waals surface area contributed by atoms with Crippen LogP contribution >= 0.6 is 0 Å². The summed E-state index contributed by atoms with van der Waals surface area (Å²) in [6.07, 6.45) is 3.68. The molecule has 2 atom stereocenters. The second kappa shape index (κ2) is 5.87. The molecule has 1 saturated carbocycles. The predicted octanol–water partition coefficient (Wildman–Crippen LogP) is 1.60. The fourth-order valence-electron chi connectivity index (χ4n) is 2.32. The summed E-state index contributed by atoms with van der Waals surface area (Å²) in [7, 11) is -1.50. The Hall–Kier alpha value is -0.850. The molecule has 0 radical (unpaired) electrons. The summed E-state index contributed by atoms with van der Waals surface area (Å²) in [5.41, 5.74) is 0.974. The van der Waals surface area contributed by atoms with E-state index in [2.05, 4.69) is 30.8 Å². The van der Waals surface area contributed by atoms with Gasteiger partial charge in [0.15, 0.2) is 0 Å². The van der Waals surface area contributed by atoms with E-state index in [1.165, 1.54) is 0 Å². The Bertz CT molecular complexity index is 563. The van der Waals surface area contributed by atoms with Crippen LogP contribution in [0.25, 0.3) is 0 Å². The van der Waals surface area contributed by atoms with Gasteiger partial charge in [-0.25, -0.2) is 13.1 Å². The first-order valence-corrected chi connectivity index (χ1v) is 8.72. The molecule has 2 rings (SSSR count). The molecule has 1 aromatic rings. The van der Waals surface area contributed by atoms with Gasteiger partial charge in [0.2, 0.25) is 10.0 Å². The van der Waals surface area contributed by atoms with E-state index in [1.807, 2.05) is 11.6 Å². The molecule has 0 amide bonds. The van der Waals surface area contributed by atoms with Crippen LogP contribution in [0.3, 0.4) is 0 Å². The molecule has 20 heavy (non-hydrogen) atoms. The zero-order valence-corrected chi connectivity index (χ0v) is 13.5. The number of aryl methyl sites for hydroxylation is 1. The summed E-state index contributed by atoms with van der Waals surface area (Å²) in [6.45, 7) is 6.90. The molecule has 6 heteroatoms. The molecule has 0 bridgehead atoms. The lowest BCUT2D eigenvalue weighted by molar-refractivity contribution is 0.571. The predicted molar refractivity (Wildman–Crippen MR) is 79.9 cm³/mol. The molecule has 0 aromatic carbocycles. The highest BCUT2D eigenvalue weighted by Gasteiger charge is 2.38. The van der Waals surface area contributed by atoms with Gasteiger partial charge in [0.25, 0.3) is 0 Å².